The molecule has 0 unspecified atom stereocenters. The van der Waals surface area contributed by atoms with Gasteiger partial charge in [0.05, 0.1) is 11.0 Å². The number of imidazole rings is 1. The molecule has 1 amide bonds. The summed E-state index contributed by atoms with van der Waals surface area (Å²) < 4.78 is 1.97. The molecule has 1 aromatic carbocycles. The number of nitrogens with zero attached hydrogens (tertiary/aromatic N) is 2. The highest BCUT2D eigenvalue weighted by Crippen LogP contribution is 2.19. The van der Waals surface area contributed by atoms with E-state index in [4.69, 9.17) is 5.73 Å². The predicted molar refractivity (Wildman–Crippen MR) is 73.7 cm³/mol. The first-order valence-corrected chi connectivity index (χ1v) is 6.71. The zero-order chi connectivity index (χ0) is 13.2. The van der Waals surface area contributed by atoms with E-state index in [-0.39, 0.29) is 5.91 Å². The van der Waals surface area contributed by atoms with Gasteiger partial charge in [-0.25, -0.2) is 4.98 Å². The average molecular weight is 258 g/mol. The van der Waals surface area contributed by atoms with E-state index in [0.29, 0.717) is 25.6 Å². The van der Waals surface area contributed by atoms with Gasteiger partial charge in [0.15, 0.2) is 0 Å². The minimum absolute atomic E-state index is 0.0592. The van der Waals surface area contributed by atoms with Crippen LogP contribution < -0.4 is 11.1 Å². The zero-order valence-corrected chi connectivity index (χ0v) is 10.8. The summed E-state index contributed by atoms with van der Waals surface area (Å²) >= 11 is 0. The third-order valence-electron chi connectivity index (χ3n) is 3.35. The Bertz CT molecular complexity index is 601. The molecular weight excluding hydrogens is 240 g/mol. The molecule has 100 valence electrons. The van der Waals surface area contributed by atoms with Crippen molar-refractivity contribution < 1.29 is 4.79 Å². The molecule has 5 heteroatoms. The minimum atomic E-state index is 0.0592. The van der Waals surface area contributed by atoms with Crippen LogP contribution in [-0.4, -0.2) is 28.0 Å². The van der Waals surface area contributed by atoms with Crippen LogP contribution >= 0.6 is 0 Å². The number of hydrogen-bond acceptors (Lipinski definition) is 3. The molecule has 0 aliphatic heterocycles. The van der Waals surface area contributed by atoms with E-state index in [2.05, 4.69) is 10.3 Å². The number of rotatable bonds is 5. The molecule has 1 aliphatic rings. The Labute approximate surface area is 111 Å². The fourth-order valence-electron chi connectivity index (χ4n) is 2.27. The number of aromatic nitrogens is 2. The molecule has 3 rings (SSSR count). The smallest absolute Gasteiger partial charge is 0.240 e. The summed E-state index contributed by atoms with van der Waals surface area (Å²) in [5.74, 6) is 0.943. The predicted octanol–water partition coefficient (Wildman–Crippen LogP) is 0.816. The van der Waals surface area contributed by atoms with Crippen molar-refractivity contribution in [1.29, 1.82) is 0 Å². The monoisotopic (exact) mass is 258 g/mol. The van der Waals surface area contributed by atoms with E-state index in [0.717, 1.165) is 29.7 Å². The molecule has 0 bridgehead atoms. The molecule has 1 aliphatic carbocycles. The number of hydrogen-bond donors (Lipinski definition) is 2. The molecule has 19 heavy (non-hydrogen) atoms. The number of amides is 1. The molecule has 0 saturated heterocycles. The molecule has 1 aromatic heterocycles. The maximum absolute atomic E-state index is 12.0. The fourth-order valence-corrected chi connectivity index (χ4v) is 2.27. The minimum Gasteiger partial charge on any atom is -0.352 e. The molecule has 3 N–H and O–H groups in total. The molecule has 1 heterocycles. The Hall–Kier alpha value is -1.88. The van der Waals surface area contributed by atoms with Gasteiger partial charge in [0.25, 0.3) is 0 Å². The van der Waals surface area contributed by atoms with E-state index in [1.807, 2.05) is 28.8 Å². The number of carbonyl (C=O) groups excluding carboxylic acids is 1. The van der Waals surface area contributed by atoms with Crippen molar-refractivity contribution >= 4 is 16.9 Å². The van der Waals surface area contributed by atoms with Gasteiger partial charge in [-0.1, -0.05) is 12.1 Å². The van der Waals surface area contributed by atoms with Crippen LogP contribution in [0.2, 0.25) is 0 Å². The van der Waals surface area contributed by atoms with Gasteiger partial charge in [-0.2, -0.15) is 0 Å². The van der Waals surface area contributed by atoms with E-state index < -0.39 is 0 Å². The molecule has 2 aromatic rings. The first kappa shape index (κ1) is 12.2. The number of fused-ring (bicyclic) bond motifs is 1. The summed E-state index contributed by atoms with van der Waals surface area (Å²) in [4.78, 5) is 16.5. The highest BCUT2D eigenvalue weighted by molar-refractivity contribution is 5.81. The summed E-state index contributed by atoms with van der Waals surface area (Å²) in [5, 5.41) is 3.01. The van der Waals surface area contributed by atoms with Crippen LogP contribution in [0.4, 0.5) is 0 Å². The summed E-state index contributed by atoms with van der Waals surface area (Å²) in [6.07, 6.45) is 2.89. The van der Waals surface area contributed by atoms with Gasteiger partial charge in [0.1, 0.15) is 12.4 Å². The standard InChI is InChI=1S/C14H18N4O/c15-8-7-13-17-11-3-1-2-4-12(11)18(13)9-14(19)16-10-5-6-10/h1-4,10H,5-9,15H2,(H,16,19). The third kappa shape index (κ3) is 2.61. The number of nitrogens with two attached hydrogens (primary N) is 1. The van der Waals surface area contributed by atoms with Crippen molar-refractivity contribution in [3.63, 3.8) is 0 Å². The number of para-hydroxylation sites is 2. The lowest BCUT2D eigenvalue weighted by Gasteiger charge is -2.09. The molecular formula is C14H18N4O. The highest BCUT2D eigenvalue weighted by Gasteiger charge is 2.23. The van der Waals surface area contributed by atoms with Gasteiger partial charge in [-0.3, -0.25) is 4.79 Å². The second kappa shape index (κ2) is 5.01. The quantitative estimate of drug-likeness (QED) is 0.833. The van der Waals surface area contributed by atoms with Gasteiger partial charge in [-0.15, -0.1) is 0 Å². The maximum Gasteiger partial charge on any atom is 0.240 e. The molecule has 0 radical (unpaired) electrons. The van der Waals surface area contributed by atoms with Gasteiger partial charge >= 0.3 is 0 Å². The molecule has 5 nitrogen and oxygen atoms in total. The second-order valence-electron chi connectivity index (χ2n) is 4.98. The Kier molecular flexibility index (Phi) is 3.21. The first-order chi connectivity index (χ1) is 9.28. The normalized spacial score (nSPS) is 14.8. The molecule has 0 spiro atoms. The van der Waals surface area contributed by atoms with Crippen molar-refractivity contribution in [2.45, 2.75) is 31.8 Å². The average Bonchev–Trinajstić information content (AvgIpc) is 3.14. The summed E-state index contributed by atoms with van der Waals surface area (Å²) in [7, 11) is 0. The zero-order valence-electron chi connectivity index (χ0n) is 10.8. The lowest BCUT2D eigenvalue weighted by atomic mass is 10.3. The Morgan fingerprint density at radius 3 is 2.95 bits per heavy atom. The van der Waals surface area contributed by atoms with Crippen LogP contribution in [0.5, 0.6) is 0 Å². The second-order valence-corrected chi connectivity index (χ2v) is 4.98. The van der Waals surface area contributed by atoms with Gasteiger partial charge in [0.2, 0.25) is 5.91 Å². The van der Waals surface area contributed by atoms with Crippen molar-refractivity contribution in [1.82, 2.24) is 14.9 Å². The van der Waals surface area contributed by atoms with Gasteiger partial charge < -0.3 is 15.6 Å². The van der Waals surface area contributed by atoms with Crippen LogP contribution in [0.25, 0.3) is 11.0 Å². The topological polar surface area (TPSA) is 72.9 Å². The first-order valence-electron chi connectivity index (χ1n) is 6.71. The van der Waals surface area contributed by atoms with Crippen LogP contribution in [0, 0.1) is 0 Å². The fraction of sp³-hybridized carbons (Fsp3) is 0.429. The molecule has 1 saturated carbocycles. The van der Waals surface area contributed by atoms with Crippen molar-refractivity contribution in [2.75, 3.05) is 6.54 Å². The molecule has 0 atom stereocenters. The van der Waals surface area contributed by atoms with Crippen LogP contribution in [0.1, 0.15) is 18.7 Å². The van der Waals surface area contributed by atoms with Crippen molar-refractivity contribution in [3.8, 4) is 0 Å². The van der Waals surface area contributed by atoms with E-state index >= 15 is 0 Å². The van der Waals surface area contributed by atoms with Crippen molar-refractivity contribution in [3.05, 3.63) is 30.1 Å². The highest BCUT2D eigenvalue weighted by atomic mass is 16.2. The van der Waals surface area contributed by atoms with Crippen LogP contribution in [-0.2, 0) is 17.8 Å². The summed E-state index contributed by atoms with van der Waals surface area (Å²) in [6.45, 7) is 0.861. The maximum atomic E-state index is 12.0. The Morgan fingerprint density at radius 2 is 2.21 bits per heavy atom. The number of carbonyl (C=O) groups is 1. The van der Waals surface area contributed by atoms with E-state index in [9.17, 15) is 4.79 Å². The lowest BCUT2D eigenvalue weighted by molar-refractivity contribution is -0.121. The van der Waals surface area contributed by atoms with Crippen molar-refractivity contribution in [2.24, 2.45) is 5.73 Å². The lowest BCUT2D eigenvalue weighted by Crippen LogP contribution is -2.30. The molecule has 1 fully saturated rings. The van der Waals surface area contributed by atoms with E-state index in [1.54, 1.807) is 0 Å². The summed E-state index contributed by atoms with van der Waals surface area (Å²) in [5.41, 5.74) is 7.54. The van der Waals surface area contributed by atoms with Gasteiger partial charge in [0, 0.05) is 12.5 Å². The largest absolute Gasteiger partial charge is 0.352 e. The van der Waals surface area contributed by atoms with E-state index in [1.165, 1.54) is 0 Å². The SMILES string of the molecule is NCCc1nc2ccccc2n1CC(=O)NC1CC1. The number of nitrogens with one attached hydrogen (secondary N) is 1. The Balaban J connectivity index is 1.89. The number of benzene rings is 1. The Morgan fingerprint density at radius 1 is 1.42 bits per heavy atom. The van der Waals surface area contributed by atoms with Crippen LogP contribution in [0.15, 0.2) is 24.3 Å². The van der Waals surface area contributed by atoms with Gasteiger partial charge in [-0.05, 0) is 31.5 Å². The summed E-state index contributed by atoms with van der Waals surface area (Å²) in [6, 6.07) is 8.26. The van der Waals surface area contributed by atoms with Crippen LogP contribution in [0.3, 0.4) is 0 Å². The third-order valence-corrected chi connectivity index (χ3v) is 3.35.